The van der Waals surface area contributed by atoms with E-state index in [-0.39, 0.29) is 10.7 Å². The number of rotatable bonds is 4. The molecule has 0 atom stereocenters. The molecule has 1 rings (SSSR count). The van der Waals surface area contributed by atoms with Gasteiger partial charge < -0.3 is 16.0 Å². The second-order valence-corrected chi connectivity index (χ2v) is 4.70. The molecule has 9 heteroatoms. The molecule has 0 radical (unpaired) electrons. The molecule has 0 saturated carbocycles. The molecule has 0 bridgehead atoms. The highest BCUT2D eigenvalue weighted by molar-refractivity contribution is 7.18. The van der Waals surface area contributed by atoms with Crippen LogP contribution in [0.5, 0.6) is 0 Å². The minimum atomic E-state index is -4.29. The molecule has 102 valence electrons. The molecule has 0 spiro atoms. The van der Waals surface area contributed by atoms with Gasteiger partial charge in [0.25, 0.3) is 5.91 Å². The Balaban J connectivity index is 2.62. The van der Waals surface area contributed by atoms with E-state index in [1.54, 1.807) is 19.0 Å². The number of thiazole rings is 1. The van der Waals surface area contributed by atoms with Crippen LogP contribution in [0.4, 0.5) is 24.1 Å². The predicted octanol–water partition coefficient (Wildman–Crippen LogP) is 1.47. The van der Waals surface area contributed by atoms with Crippen molar-refractivity contribution in [2.24, 2.45) is 0 Å². The summed E-state index contributed by atoms with van der Waals surface area (Å²) in [5.74, 6) is -0.615. The lowest BCUT2D eigenvalue weighted by Gasteiger charge is -2.07. The number of carbonyl (C=O) groups excluding carboxylic acids is 1. The summed E-state index contributed by atoms with van der Waals surface area (Å²) >= 11 is 1.03. The molecule has 0 aromatic carbocycles. The van der Waals surface area contributed by atoms with E-state index in [1.165, 1.54) is 0 Å². The molecule has 0 unspecified atom stereocenters. The third-order valence-electron chi connectivity index (χ3n) is 1.92. The maximum atomic E-state index is 11.9. The van der Waals surface area contributed by atoms with E-state index in [2.05, 4.69) is 10.3 Å². The van der Waals surface area contributed by atoms with Crippen LogP contribution in [0.3, 0.4) is 0 Å². The number of aromatic nitrogens is 1. The van der Waals surface area contributed by atoms with E-state index in [9.17, 15) is 18.0 Å². The molecule has 0 aliphatic carbocycles. The fraction of sp³-hybridized carbons (Fsp3) is 0.556. The highest BCUT2D eigenvalue weighted by Gasteiger charge is 2.27. The molecule has 3 N–H and O–H groups in total. The van der Waals surface area contributed by atoms with E-state index in [4.69, 9.17) is 5.73 Å². The van der Waals surface area contributed by atoms with E-state index < -0.39 is 25.0 Å². The molecule has 0 saturated heterocycles. The van der Waals surface area contributed by atoms with E-state index in [0.717, 1.165) is 11.3 Å². The average Bonchev–Trinajstić information content (AvgIpc) is 2.58. The van der Waals surface area contributed by atoms with Crippen LogP contribution in [0.2, 0.25) is 0 Å². The first kappa shape index (κ1) is 14.6. The summed E-state index contributed by atoms with van der Waals surface area (Å²) in [6.45, 7) is -0.475. The zero-order chi connectivity index (χ0) is 13.9. The summed E-state index contributed by atoms with van der Waals surface area (Å²) in [7, 11) is 3.45. The van der Waals surface area contributed by atoms with Gasteiger partial charge in [0.2, 0.25) is 0 Å². The van der Waals surface area contributed by atoms with Gasteiger partial charge in [0.05, 0.1) is 6.42 Å². The topological polar surface area (TPSA) is 71.2 Å². The first-order valence-corrected chi connectivity index (χ1v) is 5.81. The number of hydrogen-bond donors (Lipinski definition) is 2. The predicted molar refractivity (Wildman–Crippen MR) is 63.9 cm³/mol. The van der Waals surface area contributed by atoms with Crippen molar-refractivity contribution in [3.05, 3.63) is 4.88 Å². The first-order chi connectivity index (χ1) is 8.20. The molecule has 0 aliphatic rings. The fourth-order valence-corrected chi connectivity index (χ4v) is 1.90. The highest BCUT2D eigenvalue weighted by atomic mass is 32.1. The van der Waals surface area contributed by atoms with Gasteiger partial charge in [-0.15, -0.1) is 0 Å². The SMILES string of the molecule is CN(C)c1nc(N)c(C(=O)NCCC(F)(F)F)s1. The van der Waals surface area contributed by atoms with Gasteiger partial charge in [0.1, 0.15) is 10.7 Å². The lowest BCUT2D eigenvalue weighted by atomic mass is 10.4. The van der Waals surface area contributed by atoms with E-state index in [1.807, 2.05) is 0 Å². The minimum Gasteiger partial charge on any atom is -0.382 e. The number of nitrogens with one attached hydrogen (secondary N) is 1. The number of halogens is 3. The second-order valence-electron chi connectivity index (χ2n) is 3.73. The number of amides is 1. The summed E-state index contributed by atoms with van der Waals surface area (Å²) in [5.41, 5.74) is 5.53. The minimum absolute atomic E-state index is 0.0215. The van der Waals surface area contributed by atoms with Gasteiger partial charge in [0, 0.05) is 20.6 Å². The summed E-state index contributed by atoms with van der Waals surface area (Å²) in [5, 5.41) is 2.68. The van der Waals surface area contributed by atoms with Crippen molar-refractivity contribution in [2.45, 2.75) is 12.6 Å². The standard InChI is InChI=1S/C9H13F3N4OS/c1-16(2)8-15-6(13)5(18-8)7(17)14-4-3-9(10,11)12/h3-4,13H2,1-2H3,(H,14,17). The largest absolute Gasteiger partial charge is 0.390 e. The van der Waals surface area contributed by atoms with Gasteiger partial charge in [0.15, 0.2) is 5.13 Å². The molecule has 0 fully saturated rings. The number of anilines is 2. The number of alkyl halides is 3. The van der Waals surface area contributed by atoms with Crippen LogP contribution in [0, 0.1) is 0 Å². The van der Waals surface area contributed by atoms with Crippen LogP contribution in [-0.4, -0.2) is 37.7 Å². The van der Waals surface area contributed by atoms with Crippen molar-refractivity contribution in [3.8, 4) is 0 Å². The lowest BCUT2D eigenvalue weighted by Crippen LogP contribution is -2.27. The Kier molecular flexibility index (Phi) is 4.38. The van der Waals surface area contributed by atoms with Crippen LogP contribution in [-0.2, 0) is 0 Å². The molecule has 0 aliphatic heterocycles. The monoisotopic (exact) mass is 282 g/mol. The Bertz CT molecular complexity index is 430. The Morgan fingerprint density at radius 3 is 2.56 bits per heavy atom. The van der Waals surface area contributed by atoms with Crippen LogP contribution in [0.15, 0.2) is 0 Å². The number of nitrogen functional groups attached to an aromatic ring is 1. The quantitative estimate of drug-likeness (QED) is 0.877. The molecular weight excluding hydrogens is 269 g/mol. The fourth-order valence-electron chi connectivity index (χ4n) is 1.07. The van der Waals surface area contributed by atoms with Gasteiger partial charge >= 0.3 is 6.18 Å². The normalized spacial score (nSPS) is 11.4. The van der Waals surface area contributed by atoms with Crippen LogP contribution in [0.1, 0.15) is 16.1 Å². The maximum absolute atomic E-state index is 11.9. The van der Waals surface area contributed by atoms with Crippen molar-refractivity contribution in [1.29, 1.82) is 0 Å². The maximum Gasteiger partial charge on any atom is 0.390 e. The smallest absolute Gasteiger partial charge is 0.382 e. The number of hydrogen-bond acceptors (Lipinski definition) is 5. The molecule has 1 aromatic rings. The van der Waals surface area contributed by atoms with Gasteiger partial charge in [-0.1, -0.05) is 11.3 Å². The van der Waals surface area contributed by atoms with Crippen molar-refractivity contribution < 1.29 is 18.0 Å². The third-order valence-corrected chi connectivity index (χ3v) is 3.16. The molecule has 1 amide bonds. The van der Waals surface area contributed by atoms with Crippen LogP contribution in [0.25, 0.3) is 0 Å². The van der Waals surface area contributed by atoms with Gasteiger partial charge in [-0.05, 0) is 0 Å². The molecule has 5 nitrogen and oxygen atoms in total. The van der Waals surface area contributed by atoms with Crippen LogP contribution >= 0.6 is 11.3 Å². The van der Waals surface area contributed by atoms with Gasteiger partial charge in [-0.3, -0.25) is 4.79 Å². The summed E-state index contributed by atoms with van der Waals surface area (Å²) in [6, 6.07) is 0. The number of carbonyl (C=O) groups is 1. The van der Waals surface area contributed by atoms with Crippen LogP contribution < -0.4 is 16.0 Å². The van der Waals surface area contributed by atoms with Crippen molar-refractivity contribution in [2.75, 3.05) is 31.3 Å². The summed E-state index contributed by atoms with van der Waals surface area (Å²) in [4.78, 5) is 17.3. The van der Waals surface area contributed by atoms with Crippen molar-refractivity contribution in [1.82, 2.24) is 10.3 Å². The average molecular weight is 282 g/mol. The summed E-state index contributed by atoms with van der Waals surface area (Å²) in [6.07, 6.45) is -5.36. The Morgan fingerprint density at radius 1 is 1.50 bits per heavy atom. The summed E-state index contributed by atoms with van der Waals surface area (Å²) < 4.78 is 35.7. The molecular formula is C9H13F3N4OS. The first-order valence-electron chi connectivity index (χ1n) is 4.99. The van der Waals surface area contributed by atoms with Crippen molar-refractivity contribution >= 4 is 28.2 Å². The zero-order valence-corrected chi connectivity index (χ0v) is 10.7. The molecule has 1 aromatic heterocycles. The lowest BCUT2D eigenvalue weighted by molar-refractivity contribution is -0.132. The van der Waals surface area contributed by atoms with Gasteiger partial charge in [-0.2, -0.15) is 13.2 Å². The third kappa shape index (κ3) is 4.06. The van der Waals surface area contributed by atoms with Gasteiger partial charge in [-0.25, -0.2) is 4.98 Å². The second kappa shape index (κ2) is 5.42. The van der Waals surface area contributed by atoms with E-state index >= 15 is 0 Å². The highest BCUT2D eigenvalue weighted by Crippen LogP contribution is 2.26. The molecule has 18 heavy (non-hydrogen) atoms. The number of nitrogens with two attached hydrogens (primary N) is 1. The number of nitrogens with zero attached hydrogens (tertiary/aromatic N) is 2. The Morgan fingerprint density at radius 2 is 2.11 bits per heavy atom. The van der Waals surface area contributed by atoms with E-state index in [0.29, 0.717) is 5.13 Å². The Labute approximate surface area is 106 Å². The van der Waals surface area contributed by atoms with Crippen molar-refractivity contribution in [3.63, 3.8) is 0 Å². The Hall–Kier alpha value is -1.51. The zero-order valence-electron chi connectivity index (χ0n) is 9.84. The molecule has 1 heterocycles.